The van der Waals surface area contributed by atoms with Crippen LogP contribution in [0, 0.1) is 0 Å². The van der Waals surface area contributed by atoms with Gasteiger partial charge in [0.1, 0.15) is 11.5 Å². The monoisotopic (exact) mass is 397 g/mol. The summed E-state index contributed by atoms with van der Waals surface area (Å²) in [7, 11) is 1.98. The van der Waals surface area contributed by atoms with E-state index in [1.807, 2.05) is 54.4 Å². The minimum absolute atomic E-state index is 0.0577. The fraction of sp³-hybridized carbons (Fsp3) is 0.296. The second-order valence-electron chi connectivity index (χ2n) is 8.79. The van der Waals surface area contributed by atoms with Crippen LogP contribution in [0.5, 0.6) is 11.5 Å². The number of para-hydroxylation sites is 1. The van der Waals surface area contributed by atoms with E-state index in [4.69, 9.17) is 4.74 Å². The molecule has 0 aromatic heterocycles. The van der Waals surface area contributed by atoms with Crippen molar-refractivity contribution in [2.45, 2.75) is 44.1 Å². The Morgan fingerprint density at radius 3 is 2.37 bits per heavy atom. The van der Waals surface area contributed by atoms with E-state index in [-0.39, 0.29) is 11.3 Å². The van der Waals surface area contributed by atoms with E-state index < -0.39 is 0 Å². The van der Waals surface area contributed by atoms with Crippen molar-refractivity contribution in [2.75, 3.05) is 7.05 Å². The lowest BCUT2D eigenvalue weighted by Gasteiger charge is -2.50. The van der Waals surface area contributed by atoms with Gasteiger partial charge in [0.25, 0.3) is 0 Å². The van der Waals surface area contributed by atoms with E-state index in [0.717, 1.165) is 30.8 Å². The number of amides is 1. The Morgan fingerprint density at radius 1 is 0.900 bits per heavy atom. The number of rotatable bonds is 3. The molecule has 0 radical (unpaired) electrons. The molecule has 1 fully saturated rings. The lowest BCUT2D eigenvalue weighted by molar-refractivity contribution is -0.138. The molecule has 0 bridgehead atoms. The molecule has 3 nitrogen and oxygen atoms in total. The maximum atomic E-state index is 12.2. The predicted molar refractivity (Wildman–Crippen MR) is 120 cm³/mol. The summed E-state index contributed by atoms with van der Waals surface area (Å²) >= 11 is 0. The molecule has 0 spiro atoms. The maximum absolute atomic E-state index is 12.2. The van der Waals surface area contributed by atoms with Crippen LogP contribution >= 0.6 is 0 Å². The second kappa shape index (κ2) is 7.32. The third kappa shape index (κ3) is 3.19. The number of aryl methyl sites for hydroxylation is 1. The van der Waals surface area contributed by atoms with Crippen LogP contribution in [0.15, 0.2) is 72.8 Å². The highest BCUT2D eigenvalue weighted by atomic mass is 16.5. The molecule has 1 saturated heterocycles. The lowest BCUT2D eigenvalue weighted by atomic mass is 9.63. The van der Waals surface area contributed by atoms with Gasteiger partial charge in [0.2, 0.25) is 5.91 Å². The normalized spacial score (nSPS) is 22.9. The molecule has 0 N–H and O–H groups in total. The Hall–Kier alpha value is -3.07. The molecule has 3 aromatic rings. The highest BCUT2D eigenvalue weighted by Crippen LogP contribution is 2.46. The summed E-state index contributed by atoms with van der Waals surface area (Å²) in [6.45, 7) is 2.34. The van der Waals surface area contributed by atoms with Gasteiger partial charge < -0.3 is 9.64 Å². The van der Waals surface area contributed by atoms with E-state index in [1.165, 1.54) is 22.3 Å². The molecule has 1 aliphatic carbocycles. The number of carbonyl (C=O) groups excluding carboxylic acids is 1. The molecule has 3 heteroatoms. The van der Waals surface area contributed by atoms with Crippen molar-refractivity contribution in [2.24, 2.45) is 0 Å². The molecule has 1 amide bonds. The third-order valence-electron chi connectivity index (χ3n) is 7.03. The lowest BCUT2D eigenvalue weighted by Crippen LogP contribution is -2.56. The Kier molecular flexibility index (Phi) is 4.62. The van der Waals surface area contributed by atoms with Gasteiger partial charge in [-0.25, -0.2) is 0 Å². The van der Waals surface area contributed by atoms with Crippen LogP contribution in [0.2, 0.25) is 0 Å². The van der Waals surface area contributed by atoms with E-state index in [1.54, 1.807) is 0 Å². The van der Waals surface area contributed by atoms with Crippen LogP contribution in [-0.2, 0) is 16.6 Å². The van der Waals surface area contributed by atoms with E-state index in [2.05, 4.69) is 37.3 Å². The van der Waals surface area contributed by atoms with Gasteiger partial charge in [0.15, 0.2) is 0 Å². The first-order valence-electron chi connectivity index (χ1n) is 10.8. The number of likely N-dealkylation sites (tertiary alicyclic amines) is 1. The number of benzene rings is 3. The maximum Gasteiger partial charge on any atom is 0.222 e. The Balaban J connectivity index is 1.41. The van der Waals surface area contributed by atoms with Gasteiger partial charge in [0.05, 0.1) is 0 Å². The van der Waals surface area contributed by atoms with Gasteiger partial charge in [-0.15, -0.1) is 0 Å². The highest BCUT2D eigenvalue weighted by molar-refractivity contribution is 5.78. The summed E-state index contributed by atoms with van der Waals surface area (Å²) in [4.78, 5) is 14.2. The van der Waals surface area contributed by atoms with Crippen LogP contribution < -0.4 is 4.74 Å². The molecule has 1 aliphatic heterocycles. The molecule has 2 atom stereocenters. The van der Waals surface area contributed by atoms with E-state index in [9.17, 15) is 4.79 Å². The summed E-state index contributed by atoms with van der Waals surface area (Å²) in [6.07, 6.45) is 3.65. The molecule has 152 valence electrons. The van der Waals surface area contributed by atoms with Gasteiger partial charge >= 0.3 is 0 Å². The number of likely N-dealkylation sites (N-methyl/N-ethyl adjacent to an activating group) is 1. The van der Waals surface area contributed by atoms with Crippen molar-refractivity contribution in [1.29, 1.82) is 0 Å². The van der Waals surface area contributed by atoms with Crippen molar-refractivity contribution in [1.82, 2.24) is 4.90 Å². The standard InChI is InChI=1S/C27H27NO2/c1-27-17-16-26(29)28(2)25(27)15-11-21-18-20(10-14-24(21)27)19-8-12-23(13-9-19)30-22-6-4-3-5-7-22/h3-10,12-14,18,25H,11,15-17H2,1-2H3/t25-,27-/m1/s1. The summed E-state index contributed by atoms with van der Waals surface area (Å²) in [6, 6.07) is 25.4. The van der Waals surface area contributed by atoms with E-state index >= 15 is 0 Å². The summed E-state index contributed by atoms with van der Waals surface area (Å²) in [5, 5.41) is 0. The minimum atomic E-state index is 0.0577. The average Bonchev–Trinajstić information content (AvgIpc) is 2.78. The number of hydrogen-bond donors (Lipinski definition) is 0. The number of ether oxygens (including phenoxy) is 1. The average molecular weight is 398 g/mol. The molecule has 2 aliphatic rings. The van der Waals surface area contributed by atoms with E-state index in [0.29, 0.717) is 12.5 Å². The Labute approximate surface area is 178 Å². The minimum Gasteiger partial charge on any atom is -0.457 e. The van der Waals surface area contributed by atoms with Gasteiger partial charge in [-0.1, -0.05) is 55.5 Å². The number of nitrogens with zero attached hydrogens (tertiary/aromatic N) is 1. The molecule has 3 aromatic carbocycles. The fourth-order valence-electron chi connectivity index (χ4n) is 5.31. The zero-order chi connectivity index (χ0) is 20.7. The summed E-state index contributed by atoms with van der Waals surface area (Å²) in [5.41, 5.74) is 5.34. The molecule has 5 rings (SSSR count). The summed E-state index contributed by atoms with van der Waals surface area (Å²) in [5.74, 6) is 1.97. The van der Waals surface area contributed by atoms with Crippen LogP contribution in [0.3, 0.4) is 0 Å². The van der Waals surface area contributed by atoms with Crippen LogP contribution in [0.4, 0.5) is 0 Å². The number of fused-ring (bicyclic) bond motifs is 3. The van der Waals surface area contributed by atoms with Crippen LogP contribution in [-0.4, -0.2) is 23.9 Å². The smallest absolute Gasteiger partial charge is 0.222 e. The molecular formula is C27H27NO2. The van der Waals surface area contributed by atoms with Crippen LogP contribution in [0.25, 0.3) is 11.1 Å². The van der Waals surface area contributed by atoms with Crippen molar-refractivity contribution in [3.05, 3.63) is 83.9 Å². The topological polar surface area (TPSA) is 29.5 Å². The number of hydrogen-bond acceptors (Lipinski definition) is 2. The number of piperidine rings is 1. The predicted octanol–water partition coefficient (Wildman–Crippen LogP) is 5.97. The fourth-order valence-corrected chi connectivity index (χ4v) is 5.31. The quantitative estimate of drug-likeness (QED) is 0.545. The zero-order valence-electron chi connectivity index (χ0n) is 17.6. The highest BCUT2D eigenvalue weighted by Gasteiger charge is 2.46. The molecule has 0 unspecified atom stereocenters. The first-order valence-corrected chi connectivity index (χ1v) is 10.8. The molecule has 0 saturated carbocycles. The molecule has 30 heavy (non-hydrogen) atoms. The molecule has 1 heterocycles. The SMILES string of the molecule is CN1C(=O)CC[C@]2(C)c3ccc(-c4ccc(Oc5ccccc5)cc4)cc3CC[C@@H]12. The van der Waals surface area contributed by atoms with Crippen molar-refractivity contribution < 1.29 is 9.53 Å². The van der Waals surface area contributed by atoms with Crippen molar-refractivity contribution in [3.8, 4) is 22.6 Å². The second-order valence-corrected chi connectivity index (χ2v) is 8.79. The van der Waals surface area contributed by atoms with Gasteiger partial charge in [0, 0.05) is 24.9 Å². The van der Waals surface area contributed by atoms with Gasteiger partial charge in [-0.2, -0.15) is 0 Å². The number of carbonyl (C=O) groups is 1. The van der Waals surface area contributed by atoms with Crippen molar-refractivity contribution >= 4 is 5.91 Å². The van der Waals surface area contributed by atoms with Gasteiger partial charge in [-0.05, 0) is 65.8 Å². The Morgan fingerprint density at radius 2 is 1.60 bits per heavy atom. The largest absolute Gasteiger partial charge is 0.457 e. The first-order chi connectivity index (χ1) is 14.5. The van der Waals surface area contributed by atoms with Crippen molar-refractivity contribution in [3.63, 3.8) is 0 Å². The molecular weight excluding hydrogens is 370 g/mol. The summed E-state index contributed by atoms with van der Waals surface area (Å²) < 4.78 is 5.92. The zero-order valence-corrected chi connectivity index (χ0v) is 17.6. The first kappa shape index (κ1) is 18.9. The van der Waals surface area contributed by atoms with Crippen LogP contribution in [0.1, 0.15) is 37.3 Å². The van der Waals surface area contributed by atoms with Gasteiger partial charge in [-0.3, -0.25) is 4.79 Å². The third-order valence-corrected chi connectivity index (χ3v) is 7.03. The Bertz CT molecular complexity index is 1070.